The Labute approximate surface area is 275 Å². The number of H-pyrrole nitrogens is 1. The number of para-hydroxylation sites is 1. The third-order valence-electron chi connectivity index (χ3n) is 7.62. The van der Waals surface area contributed by atoms with E-state index in [4.69, 9.17) is 29.5 Å². The number of benzene rings is 2. The van der Waals surface area contributed by atoms with Crippen LogP contribution < -0.4 is 40.4 Å². The molecule has 0 radical (unpaired) electrons. The molecule has 0 aliphatic carbocycles. The molecule has 3 aromatic heterocycles. The van der Waals surface area contributed by atoms with Gasteiger partial charge in [-0.3, -0.25) is 9.63 Å². The van der Waals surface area contributed by atoms with Crippen LogP contribution in [-0.4, -0.2) is 65.4 Å². The van der Waals surface area contributed by atoms with E-state index in [0.29, 0.717) is 35.1 Å². The second kappa shape index (κ2) is 13.2. The molecule has 6 rings (SSSR count). The van der Waals surface area contributed by atoms with Gasteiger partial charge in [-0.15, -0.1) is 0 Å². The zero-order valence-corrected chi connectivity index (χ0v) is 27.0. The van der Waals surface area contributed by atoms with Crippen molar-refractivity contribution in [1.29, 1.82) is 0 Å². The van der Waals surface area contributed by atoms with Gasteiger partial charge in [0.05, 0.1) is 39.8 Å². The highest BCUT2D eigenvalue weighted by molar-refractivity contribution is 5.99. The van der Waals surface area contributed by atoms with Gasteiger partial charge in [-0.05, 0) is 44.0 Å². The Hall–Kier alpha value is -5.67. The van der Waals surface area contributed by atoms with Crippen LogP contribution in [0.4, 0.5) is 33.5 Å². The number of fused-ring (bicyclic) bond motifs is 2. The first kappa shape index (κ1) is 32.3. The van der Waals surface area contributed by atoms with Crippen molar-refractivity contribution in [3.8, 4) is 23.0 Å². The number of hydrogen-bond donors (Lipinski definition) is 4. The number of pyridine rings is 1. The normalized spacial score (nSPS) is 14.0. The first-order valence-electron chi connectivity index (χ1n) is 14.9. The quantitative estimate of drug-likeness (QED) is 0.132. The van der Waals surface area contributed by atoms with Crippen molar-refractivity contribution in [2.24, 2.45) is 5.73 Å². The van der Waals surface area contributed by atoms with Crippen LogP contribution in [0.3, 0.4) is 0 Å². The number of carbonyl (C=O) groups is 1. The van der Waals surface area contributed by atoms with Crippen molar-refractivity contribution < 1.29 is 33.0 Å². The van der Waals surface area contributed by atoms with Gasteiger partial charge in [-0.1, -0.05) is 18.2 Å². The molecular weight excluding hydrogens is 623 g/mol. The molecule has 0 saturated heterocycles. The molecule has 14 nitrogen and oxygen atoms in total. The number of hydrogen-bond acceptors (Lipinski definition) is 12. The average molecular weight is 659 g/mol. The predicted octanol–water partition coefficient (Wildman–Crippen LogP) is 5.01. The molecule has 2 aromatic carbocycles. The number of ether oxygens (including phenoxy) is 4. The highest BCUT2D eigenvalue weighted by Crippen LogP contribution is 2.42. The third-order valence-corrected chi connectivity index (χ3v) is 7.62. The minimum atomic E-state index is -1.06. The molecule has 0 saturated carbocycles. The molecule has 0 fully saturated rings. The molecule has 15 heteroatoms. The number of nitrogens with one attached hydrogen (secondary N) is 3. The van der Waals surface area contributed by atoms with Crippen LogP contribution in [0.5, 0.6) is 23.0 Å². The topological polar surface area (TPSA) is 171 Å². The number of anilines is 5. The number of methoxy groups -OCH3 is 3. The third kappa shape index (κ3) is 6.45. The average Bonchev–Trinajstić information content (AvgIpc) is 3.48. The Morgan fingerprint density at radius 1 is 1.06 bits per heavy atom. The minimum absolute atomic E-state index is 0.0299. The molecule has 0 bridgehead atoms. The Morgan fingerprint density at radius 3 is 2.54 bits per heavy atom. The van der Waals surface area contributed by atoms with Gasteiger partial charge in [0.25, 0.3) is 11.9 Å². The number of nitrogens with two attached hydrogens (primary N) is 1. The van der Waals surface area contributed by atoms with Gasteiger partial charge in [0.1, 0.15) is 5.82 Å². The Kier molecular flexibility index (Phi) is 8.88. The van der Waals surface area contributed by atoms with Gasteiger partial charge in [0, 0.05) is 35.3 Å². The van der Waals surface area contributed by atoms with Gasteiger partial charge in [-0.2, -0.15) is 10.0 Å². The van der Waals surface area contributed by atoms with Crippen LogP contribution in [-0.2, 0) is 16.1 Å². The summed E-state index contributed by atoms with van der Waals surface area (Å²) in [4.78, 5) is 34.9. The maximum atomic E-state index is 15.2. The van der Waals surface area contributed by atoms with Crippen LogP contribution in [0, 0.1) is 5.82 Å². The molecule has 1 amide bonds. The summed E-state index contributed by atoms with van der Waals surface area (Å²) >= 11 is 0. The highest BCUT2D eigenvalue weighted by Gasteiger charge is 2.36. The monoisotopic (exact) mass is 658 g/mol. The molecule has 0 spiro atoms. The van der Waals surface area contributed by atoms with Crippen molar-refractivity contribution in [2.75, 3.05) is 43.6 Å². The smallest absolute Gasteiger partial charge is 0.269 e. The Bertz CT molecular complexity index is 1940. The zero-order chi connectivity index (χ0) is 34.0. The summed E-state index contributed by atoms with van der Waals surface area (Å²) in [5.74, 6) is 0.428. The van der Waals surface area contributed by atoms with Gasteiger partial charge in [0.15, 0.2) is 40.3 Å². The largest absolute Gasteiger partial charge is 0.493 e. The first-order chi connectivity index (χ1) is 23.1. The Balaban J connectivity index is 1.31. The number of aromatic nitrogens is 4. The lowest BCUT2D eigenvalue weighted by atomic mass is 10.1. The summed E-state index contributed by atoms with van der Waals surface area (Å²) < 4.78 is 37.5. The number of carbonyl (C=O) groups excluding carboxylic acids is 1. The number of aromatic amines is 1. The maximum Gasteiger partial charge on any atom is 0.269 e. The lowest BCUT2D eigenvalue weighted by Gasteiger charge is -2.30. The molecular formula is C33H35FN8O6. The fourth-order valence-corrected chi connectivity index (χ4v) is 5.18. The predicted molar refractivity (Wildman–Crippen MR) is 177 cm³/mol. The molecule has 5 aromatic rings. The van der Waals surface area contributed by atoms with E-state index in [-0.39, 0.29) is 35.9 Å². The van der Waals surface area contributed by atoms with Crippen LogP contribution >= 0.6 is 0 Å². The van der Waals surface area contributed by atoms with Crippen LogP contribution in [0.25, 0.3) is 10.9 Å². The fraction of sp³-hybridized carbons (Fsp3) is 0.273. The van der Waals surface area contributed by atoms with E-state index in [1.54, 1.807) is 38.1 Å². The van der Waals surface area contributed by atoms with Gasteiger partial charge < -0.3 is 40.3 Å². The van der Waals surface area contributed by atoms with Crippen LogP contribution in [0.2, 0.25) is 0 Å². The summed E-state index contributed by atoms with van der Waals surface area (Å²) in [6.07, 6.45) is 3.43. The van der Waals surface area contributed by atoms with E-state index in [1.165, 1.54) is 26.4 Å². The number of halogens is 1. The lowest BCUT2D eigenvalue weighted by Crippen LogP contribution is -2.46. The minimum Gasteiger partial charge on any atom is -0.493 e. The van der Waals surface area contributed by atoms with Gasteiger partial charge in [0.2, 0.25) is 5.75 Å². The zero-order valence-electron chi connectivity index (χ0n) is 27.0. The molecule has 1 aliphatic heterocycles. The number of amides is 1. The van der Waals surface area contributed by atoms with Crippen molar-refractivity contribution in [2.45, 2.75) is 31.9 Å². The SMILES string of the molecule is COc1cc(N(OC[C@@H](N)Cc2c[nH]c3ccccc23)c2ncc(F)c(Nc3ccc4c(n3)NC(=O)C(C)(C)O4)n2)cc(OC)c1OC. The summed E-state index contributed by atoms with van der Waals surface area (Å²) in [7, 11) is 4.46. The van der Waals surface area contributed by atoms with Crippen LogP contribution in [0.1, 0.15) is 19.4 Å². The molecule has 48 heavy (non-hydrogen) atoms. The molecule has 0 unspecified atom stereocenters. The summed E-state index contributed by atoms with van der Waals surface area (Å²) in [6, 6.07) is 14.0. The Morgan fingerprint density at radius 2 is 1.81 bits per heavy atom. The summed E-state index contributed by atoms with van der Waals surface area (Å²) in [6.45, 7) is 3.32. The van der Waals surface area contributed by atoms with Gasteiger partial charge in [-0.25, -0.2) is 14.4 Å². The molecule has 4 heterocycles. The fourth-order valence-electron chi connectivity index (χ4n) is 5.18. The number of nitrogens with zero attached hydrogens (tertiary/aromatic N) is 4. The highest BCUT2D eigenvalue weighted by atomic mass is 19.1. The summed E-state index contributed by atoms with van der Waals surface area (Å²) in [5.41, 5.74) is 7.92. The van der Waals surface area contributed by atoms with E-state index >= 15 is 4.39 Å². The second-order valence-electron chi connectivity index (χ2n) is 11.4. The van der Waals surface area contributed by atoms with Crippen LogP contribution in [0.15, 0.2) is 60.9 Å². The first-order valence-corrected chi connectivity index (χ1v) is 14.9. The van der Waals surface area contributed by atoms with Crippen molar-refractivity contribution in [1.82, 2.24) is 19.9 Å². The molecule has 1 aliphatic rings. The molecule has 1 atom stereocenters. The lowest BCUT2D eigenvalue weighted by molar-refractivity contribution is -0.129. The van der Waals surface area contributed by atoms with E-state index in [2.05, 4.69) is 30.6 Å². The molecule has 250 valence electrons. The molecule has 5 N–H and O–H groups in total. The standard InChI is InChI=1S/C33H35FN8O6/c1-33(2)31(43)40-30-24(48-33)10-11-27(39-30)38-29-22(34)16-37-32(41-29)42(20-13-25(44-3)28(46-5)26(14-20)45-4)47-17-19(35)12-18-15-36-23-9-7-6-8-21(18)23/h6-11,13-16,19,36H,12,17,35H2,1-5H3,(H2,37,38,39,40,41,43)/t19-/m0/s1. The van der Waals surface area contributed by atoms with Crippen molar-refractivity contribution in [3.63, 3.8) is 0 Å². The summed E-state index contributed by atoms with van der Waals surface area (Å²) in [5, 5.41) is 7.94. The number of rotatable bonds is 12. The van der Waals surface area contributed by atoms with Gasteiger partial charge >= 0.3 is 0 Å². The second-order valence-corrected chi connectivity index (χ2v) is 11.4. The van der Waals surface area contributed by atoms with Crippen molar-refractivity contribution in [3.05, 3.63) is 72.3 Å². The van der Waals surface area contributed by atoms with E-state index in [0.717, 1.165) is 22.7 Å². The van der Waals surface area contributed by atoms with Crippen molar-refractivity contribution >= 4 is 45.9 Å². The van der Waals surface area contributed by atoms with E-state index in [1.807, 2.05) is 30.5 Å². The van der Waals surface area contributed by atoms with E-state index in [9.17, 15) is 4.79 Å². The maximum absolute atomic E-state index is 15.2. The van der Waals surface area contributed by atoms with E-state index < -0.39 is 17.5 Å².